The van der Waals surface area contributed by atoms with Gasteiger partial charge in [-0.25, -0.2) is 0 Å². The SMILES string of the molecule is C[C@H](C(=O)O)N1CCC[C@H](C(F)(F)F)C1. The molecule has 0 bridgehead atoms. The van der Waals surface area contributed by atoms with Gasteiger partial charge in [0.1, 0.15) is 6.04 Å². The zero-order chi connectivity index (χ0) is 11.6. The summed E-state index contributed by atoms with van der Waals surface area (Å²) in [7, 11) is 0. The van der Waals surface area contributed by atoms with Crippen molar-refractivity contribution >= 4 is 5.97 Å². The topological polar surface area (TPSA) is 40.5 Å². The minimum Gasteiger partial charge on any atom is -0.480 e. The van der Waals surface area contributed by atoms with Gasteiger partial charge in [0, 0.05) is 6.54 Å². The quantitative estimate of drug-likeness (QED) is 0.778. The molecule has 2 atom stereocenters. The first-order chi connectivity index (χ1) is 6.82. The van der Waals surface area contributed by atoms with Crippen LogP contribution in [-0.2, 0) is 4.79 Å². The smallest absolute Gasteiger partial charge is 0.393 e. The highest BCUT2D eigenvalue weighted by molar-refractivity contribution is 5.72. The van der Waals surface area contributed by atoms with Gasteiger partial charge in [-0.15, -0.1) is 0 Å². The molecule has 1 aliphatic rings. The van der Waals surface area contributed by atoms with Crippen LogP contribution < -0.4 is 0 Å². The monoisotopic (exact) mass is 225 g/mol. The van der Waals surface area contributed by atoms with Gasteiger partial charge in [-0.3, -0.25) is 9.69 Å². The molecular formula is C9H14F3NO2. The fourth-order valence-corrected chi connectivity index (χ4v) is 1.78. The van der Waals surface area contributed by atoms with E-state index in [1.165, 1.54) is 11.8 Å². The Morgan fingerprint density at radius 1 is 1.53 bits per heavy atom. The fourth-order valence-electron chi connectivity index (χ4n) is 1.78. The van der Waals surface area contributed by atoms with Crippen molar-refractivity contribution in [2.45, 2.75) is 32.0 Å². The van der Waals surface area contributed by atoms with Crippen LogP contribution in [0.4, 0.5) is 13.2 Å². The van der Waals surface area contributed by atoms with E-state index >= 15 is 0 Å². The first-order valence-corrected chi connectivity index (χ1v) is 4.86. The maximum Gasteiger partial charge on any atom is 0.393 e. The van der Waals surface area contributed by atoms with Gasteiger partial charge in [0.15, 0.2) is 0 Å². The second-order valence-corrected chi connectivity index (χ2v) is 3.89. The molecular weight excluding hydrogens is 211 g/mol. The molecule has 1 N–H and O–H groups in total. The zero-order valence-electron chi connectivity index (χ0n) is 8.42. The Morgan fingerprint density at radius 3 is 2.60 bits per heavy atom. The summed E-state index contributed by atoms with van der Waals surface area (Å²) in [6, 6.07) is -0.838. The van der Waals surface area contributed by atoms with E-state index in [9.17, 15) is 18.0 Å². The summed E-state index contributed by atoms with van der Waals surface area (Å²) < 4.78 is 37.2. The van der Waals surface area contributed by atoms with Gasteiger partial charge in [-0.05, 0) is 26.3 Å². The van der Waals surface area contributed by atoms with Crippen molar-refractivity contribution in [3.8, 4) is 0 Å². The van der Waals surface area contributed by atoms with Crippen LogP contribution in [0.1, 0.15) is 19.8 Å². The Balaban J connectivity index is 2.60. The van der Waals surface area contributed by atoms with E-state index in [0.29, 0.717) is 13.0 Å². The lowest BCUT2D eigenvalue weighted by Gasteiger charge is -2.35. The summed E-state index contributed by atoms with van der Waals surface area (Å²) in [4.78, 5) is 12.0. The first kappa shape index (κ1) is 12.3. The Morgan fingerprint density at radius 2 is 2.13 bits per heavy atom. The van der Waals surface area contributed by atoms with Crippen LogP contribution in [0.3, 0.4) is 0 Å². The van der Waals surface area contributed by atoms with Gasteiger partial charge in [-0.1, -0.05) is 0 Å². The molecule has 0 spiro atoms. The lowest BCUT2D eigenvalue weighted by molar-refractivity contribution is -0.190. The number of aliphatic carboxylic acids is 1. The molecule has 15 heavy (non-hydrogen) atoms. The maximum absolute atomic E-state index is 12.4. The molecule has 0 saturated carbocycles. The first-order valence-electron chi connectivity index (χ1n) is 4.86. The molecule has 1 rings (SSSR count). The summed E-state index contributed by atoms with van der Waals surface area (Å²) in [5.74, 6) is -2.45. The Labute approximate surface area is 85.9 Å². The normalized spacial score (nSPS) is 26.3. The predicted molar refractivity (Wildman–Crippen MR) is 47.4 cm³/mol. The molecule has 0 aromatic rings. The molecule has 0 radical (unpaired) electrons. The van der Waals surface area contributed by atoms with Crippen LogP contribution >= 0.6 is 0 Å². The Hall–Kier alpha value is -0.780. The van der Waals surface area contributed by atoms with Crippen molar-refractivity contribution in [3.05, 3.63) is 0 Å². The molecule has 3 nitrogen and oxygen atoms in total. The third-order valence-corrected chi connectivity index (χ3v) is 2.82. The van der Waals surface area contributed by atoms with Crippen molar-refractivity contribution < 1.29 is 23.1 Å². The molecule has 1 heterocycles. The predicted octanol–water partition coefficient (Wildman–Crippen LogP) is 1.73. The molecule has 6 heteroatoms. The molecule has 0 amide bonds. The molecule has 88 valence electrons. The van der Waals surface area contributed by atoms with Crippen LogP contribution in [0.5, 0.6) is 0 Å². The molecule has 0 aromatic heterocycles. The summed E-state index contributed by atoms with van der Waals surface area (Å²) in [6.07, 6.45) is -3.70. The second-order valence-electron chi connectivity index (χ2n) is 3.89. The molecule has 1 fully saturated rings. The van der Waals surface area contributed by atoms with Crippen LogP contribution in [0.25, 0.3) is 0 Å². The maximum atomic E-state index is 12.4. The molecule has 0 aromatic carbocycles. The number of halogens is 3. The van der Waals surface area contributed by atoms with Gasteiger partial charge in [0.2, 0.25) is 0 Å². The van der Waals surface area contributed by atoms with Crippen molar-refractivity contribution in [3.63, 3.8) is 0 Å². The number of hydrogen-bond acceptors (Lipinski definition) is 2. The zero-order valence-corrected chi connectivity index (χ0v) is 8.42. The number of hydrogen-bond donors (Lipinski definition) is 1. The number of likely N-dealkylation sites (tertiary alicyclic amines) is 1. The summed E-state index contributed by atoms with van der Waals surface area (Å²) >= 11 is 0. The average Bonchev–Trinajstić information content (AvgIpc) is 2.15. The largest absolute Gasteiger partial charge is 0.480 e. The third kappa shape index (κ3) is 3.09. The number of nitrogens with zero attached hydrogens (tertiary/aromatic N) is 1. The van der Waals surface area contributed by atoms with Gasteiger partial charge >= 0.3 is 12.1 Å². The average molecular weight is 225 g/mol. The number of carboxylic acid groups (broad SMARTS) is 1. The van der Waals surface area contributed by atoms with Crippen LogP contribution in [0, 0.1) is 5.92 Å². The summed E-state index contributed by atoms with van der Waals surface area (Å²) in [5.41, 5.74) is 0. The van der Waals surface area contributed by atoms with E-state index in [-0.39, 0.29) is 13.0 Å². The van der Waals surface area contributed by atoms with Gasteiger partial charge < -0.3 is 5.11 Å². The number of rotatable bonds is 2. The standard InChI is InChI=1S/C9H14F3NO2/c1-6(8(14)15)13-4-2-3-7(5-13)9(10,11)12/h6-7H,2-5H2,1H3,(H,14,15)/t6-,7+/m1/s1. The highest BCUT2D eigenvalue weighted by Crippen LogP contribution is 2.33. The number of carboxylic acids is 1. The molecule has 1 saturated heterocycles. The van der Waals surface area contributed by atoms with E-state index in [1.807, 2.05) is 0 Å². The highest BCUT2D eigenvalue weighted by Gasteiger charge is 2.43. The van der Waals surface area contributed by atoms with E-state index in [4.69, 9.17) is 5.11 Å². The van der Waals surface area contributed by atoms with Gasteiger partial charge in [0.05, 0.1) is 5.92 Å². The number of carbonyl (C=O) groups is 1. The van der Waals surface area contributed by atoms with Gasteiger partial charge in [0.25, 0.3) is 0 Å². The Kier molecular flexibility index (Phi) is 3.59. The molecule has 0 aliphatic carbocycles. The number of alkyl halides is 3. The van der Waals surface area contributed by atoms with Crippen LogP contribution in [0.2, 0.25) is 0 Å². The van der Waals surface area contributed by atoms with Crippen molar-refractivity contribution in [2.75, 3.05) is 13.1 Å². The third-order valence-electron chi connectivity index (χ3n) is 2.82. The lowest BCUT2D eigenvalue weighted by atomic mass is 9.96. The Bertz CT molecular complexity index is 242. The highest BCUT2D eigenvalue weighted by atomic mass is 19.4. The minimum atomic E-state index is -4.21. The van der Waals surface area contributed by atoms with Crippen LogP contribution in [-0.4, -0.2) is 41.3 Å². The van der Waals surface area contributed by atoms with Crippen LogP contribution in [0.15, 0.2) is 0 Å². The van der Waals surface area contributed by atoms with E-state index < -0.39 is 24.1 Å². The molecule has 0 unspecified atom stereocenters. The van der Waals surface area contributed by atoms with Crippen molar-refractivity contribution in [1.29, 1.82) is 0 Å². The van der Waals surface area contributed by atoms with Gasteiger partial charge in [-0.2, -0.15) is 13.2 Å². The number of piperidine rings is 1. The minimum absolute atomic E-state index is 0.104. The lowest BCUT2D eigenvalue weighted by Crippen LogP contribution is -2.48. The summed E-state index contributed by atoms with van der Waals surface area (Å²) in [5, 5.41) is 8.70. The van der Waals surface area contributed by atoms with E-state index in [0.717, 1.165) is 0 Å². The van der Waals surface area contributed by atoms with Crippen molar-refractivity contribution in [1.82, 2.24) is 4.90 Å². The fraction of sp³-hybridized carbons (Fsp3) is 0.889. The second kappa shape index (κ2) is 4.38. The van der Waals surface area contributed by atoms with Crippen molar-refractivity contribution in [2.24, 2.45) is 5.92 Å². The summed E-state index contributed by atoms with van der Waals surface area (Å²) in [6.45, 7) is 1.65. The molecule has 1 aliphatic heterocycles. The van der Waals surface area contributed by atoms with E-state index in [2.05, 4.69) is 0 Å². The van der Waals surface area contributed by atoms with E-state index in [1.54, 1.807) is 0 Å².